The Morgan fingerprint density at radius 2 is 2.10 bits per heavy atom. The van der Waals surface area contributed by atoms with E-state index >= 15 is 0 Å². The topological polar surface area (TPSA) is 68.5 Å². The Kier molecular flexibility index (Phi) is 3.57. The number of hydrogen-bond donors (Lipinski definition) is 1. The quantitative estimate of drug-likeness (QED) is 0.772. The Balaban J connectivity index is 1.95. The minimum absolute atomic E-state index is 0.431. The van der Waals surface area contributed by atoms with Crippen LogP contribution in [-0.4, -0.2) is 27.6 Å². The van der Waals surface area contributed by atoms with Gasteiger partial charge in [0.05, 0.1) is 19.0 Å². The fourth-order valence-electron chi connectivity index (χ4n) is 1.94. The van der Waals surface area contributed by atoms with Crippen molar-refractivity contribution in [2.45, 2.75) is 0 Å². The second kappa shape index (κ2) is 5.53. The molecule has 21 heavy (non-hydrogen) atoms. The van der Waals surface area contributed by atoms with Gasteiger partial charge < -0.3 is 4.74 Å². The molecule has 0 atom stereocenters. The lowest BCUT2D eigenvalue weighted by molar-refractivity contribution is 0.187. The highest BCUT2D eigenvalue weighted by Crippen LogP contribution is 2.23. The van der Waals surface area contributed by atoms with Gasteiger partial charge in [0.1, 0.15) is 11.5 Å². The zero-order chi connectivity index (χ0) is 14.8. The first-order valence-corrected chi connectivity index (χ1v) is 6.90. The number of carbonyl (C=O) groups is 1. The van der Waals surface area contributed by atoms with Gasteiger partial charge in [-0.3, -0.25) is 9.72 Å². The second-order valence-corrected chi connectivity index (χ2v) is 5.18. The maximum atomic E-state index is 11.1. The molecule has 0 saturated carbocycles. The fraction of sp³-hybridized carbons (Fsp3) is 0.0714. The van der Waals surface area contributed by atoms with Crippen molar-refractivity contribution >= 4 is 33.5 Å². The monoisotopic (exact) mass is 346 g/mol. The highest BCUT2D eigenvalue weighted by atomic mass is 79.9. The average Bonchev–Trinajstić information content (AvgIpc) is 2.91. The lowest BCUT2D eigenvalue weighted by Crippen LogP contribution is -2.11. The zero-order valence-electron chi connectivity index (χ0n) is 11.1. The smallest absolute Gasteiger partial charge is 0.412 e. The molecular weight excluding hydrogens is 336 g/mol. The first-order valence-electron chi connectivity index (χ1n) is 6.11. The van der Waals surface area contributed by atoms with E-state index in [-0.39, 0.29) is 0 Å². The van der Waals surface area contributed by atoms with Gasteiger partial charge in [-0.15, -0.1) is 0 Å². The second-order valence-electron chi connectivity index (χ2n) is 4.27. The molecule has 0 fully saturated rings. The summed E-state index contributed by atoms with van der Waals surface area (Å²) in [6, 6.07) is 7.44. The summed E-state index contributed by atoms with van der Waals surface area (Å²) < 4.78 is 7.45. The van der Waals surface area contributed by atoms with Crippen LogP contribution < -0.4 is 5.32 Å². The van der Waals surface area contributed by atoms with E-state index in [1.807, 2.05) is 28.8 Å². The van der Waals surface area contributed by atoms with Crippen molar-refractivity contribution in [2.24, 2.45) is 0 Å². The molecule has 0 radical (unpaired) electrons. The summed E-state index contributed by atoms with van der Waals surface area (Å²) in [6.45, 7) is 0. The van der Waals surface area contributed by atoms with E-state index in [1.165, 1.54) is 7.11 Å². The van der Waals surface area contributed by atoms with Crippen molar-refractivity contribution in [2.75, 3.05) is 12.4 Å². The van der Waals surface area contributed by atoms with E-state index in [2.05, 4.69) is 36.0 Å². The summed E-state index contributed by atoms with van der Waals surface area (Å²) in [5, 5.41) is 2.51. The number of rotatable bonds is 2. The van der Waals surface area contributed by atoms with E-state index in [0.717, 1.165) is 21.4 Å². The first kappa shape index (κ1) is 13.6. The van der Waals surface area contributed by atoms with E-state index in [4.69, 9.17) is 0 Å². The number of anilines is 1. The Morgan fingerprint density at radius 3 is 2.81 bits per heavy atom. The standard InChI is InChI=1S/C14H11BrN4O2/c1-21-14(20)18-12-4-2-9(6-16-12)11-7-17-13-5-3-10(15)8-19(11)13/h2-8H,1H3,(H,16,18,20). The third-order valence-corrected chi connectivity index (χ3v) is 3.41. The van der Waals surface area contributed by atoms with Crippen molar-refractivity contribution in [3.05, 3.63) is 47.3 Å². The molecule has 106 valence electrons. The van der Waals surface area contributed by atoms with Gasteiger partial charge >= 0.3 is 6.09 Å². The molecule has 3 aromatic heterocycles. The lowest BCUT2D eigenvalue weighted by atomic mass is 10.2. The van der Waals surface area contributed by atoms with Crippen molar-refractivity contribution < 1.29 is 9.53 Å². The summed E-state index contributed by atoms with van der Waals surface area (Å²) in [5.74, 6) is 0.431. The van der Waals surface area contributed by atoms with Crippen LogP contribution in [0.1, 0.15) is 0 Å². The molecule has 0 saturated heterocycles. The zero-order valence-corrected chi connectivity index (χ0v) is 12.7. The van der Waals surface area contributed by atoms with Gasteiger partial charge in [0.15, 0.2) is 0 Å². The average molecular weight is 347 g/mol. The van der Waals surface area contributed by atoms with Crippen molar-refractivity contribution in [3.8, 4) is 11.3 Å². The van der Waals surface area contributed by atoms with Crippen LogP contribution in [0.2, 0.25) is 0 Å². The number of fused-ring (bicyclic) bond motifs is 1. The molecule has 3 rings (SSSR count). The predicted octanol–water partition coefficient (Wildman–Crippen LogP) is 3.34. The SMILES string of the molecule is COC(=O)Nc1ccc(-c2cnc3ccc(Br)cn23)cn1. The molecule has 0 unspecified atom stereocenters. The van der Waals surface area contributed by atoms with Gasteiger partial charge in [0.25, 0.3) is 0 Å². The molecule has 0 aliphatic rings. The van der Waals surface area contributed by atoms with Gasteiger partial charge in [0, 0.05) is 22.4 Å². The molecule has 1 amide bonds. The van der Waals surface area contributed by atoms with Gasteiger partial charge in [-0.25, -0.2) is 14.8 Å². The van der Waals surface area contributed by atoms with Crippen LogP contribution >= 0.6 is 15.9 Å². The third-order valence-electron chi connectivity index (χ3n) is 2.94. The molecule has 0 spiro atoms. The number of aromatic nitrogens is 3. The number of imidazole rings is 1. The Bertz CT molecular complexity index is 798. The number of amides is 1. The molecule has 0 aliphatic carbocycles. The summed E-state index contributed by atoms with van der Waals surface area (Å²) in [7, 11) is 1.31. The first-order chi connectivity index (χ1) is 10.2. The molecular formula is C14H11BrN4O2. The highest BCUT2D eigenvalue weighted by Gasteiger charge is 2.08. The Hall–Kier alpha value is -2.41. The van der Waals surface area contributed by atoms with Crippen molar-refractivity contribution in [1.82, 2.24) is 14.4 Å². The van der Waals surface area contributed by atoms with Gasteiger partial charge in [0.2, 0.25) is 0 Å². The minimum Gasteiger partial charge on any atom is -0.453 e. The molecule has 7 heteroatoms. The summed E-state index contributed by atoms with van der Waals surface area (Å²) >= 11 is 3.44. The molecule has 3 aromatic rings. The van der Waals surface area contributed by atoms with Crippen LogP contribution in [0.3, 0.4) is 0 Å². The highest BCUT2D eigenvalue weighted by molar-refractivity contribution is 9.10. The van der Waals surface area contributed by atoms with Crippen LogP contribution in [0, 0.1) is 0 Å². The lowest BCUT2D eigenvalue weighted by Gasteiger charge is -2.05. The normalized spacial score (nSPS) is 10.6. The largest absolute Gasteiger partial charge is 0.453 e. The van der Waals surface area contributed by atoms with E-state index in [1.54, 1.807) is 18.5 Å². The fourth-order valence-corrected chi connectivity index (χ4v) is 2.28. The minimum atomic E-state index is -0.547. The number of ether oxygens (including phenoxy) is 1. The van der Waals surface area contributed by atoms with E-state index in [0.29, 0.717) is 5.82 Å². The number of methoxy groups -OCH3 is 1. The Morgan fingerprint density at radius 1 is 1.24 bits per heavy atom. The number of halogens is 1. The van der Waals surface area contributed by atoms with Crippen LogP contribution in [0.15, 0.2) is 47.3 Å². The Labute approximate surface area is 128 Å². The van der Waals surface area contributed by atoms with Crippen LogP contribution in [-0.2, 0) is 4.74 Å². The maximum Gasteiger partial charge on any atom is 0.412 e. The molecule has 0 bridgehead atoms. The maximum absolute atomic E-state index is 11.1. The third kappa shape index (κ3) is 2.73. The number of hydrogen-bond acceptors (Lipinski definition) is 4. The van der Waals surface area contributed by atoms with Crippen LogP contribution in [0.25, 0.3) is 16.9 Å². The van der Waals surface area contributed by atoms with Crippen LogP contribution in [0.5, 0.6) is 0 Å². The van der Waals surface area contributed by atoms with Crippen molar-refractivity contribution in [3.63, 3.8) is 0 Å². The molecule has 1 N–H and O–H groups in total. The van der Waals surface area contributed by atoms with Crippen molar-refractivity contribution in [1.29, 1.82) is 0 Å². The van der Waals surface area contributed by atoms with Gasteiger partial charge in [-0.1, -0.05) is 0 Å². The number of nitrogens with one attached hydrogen (secondary N) is 1. The van der Waals surface area contributed by atoms with Gasteiger partial charge in [-0.2, -0.15) is 0 Å². The van der Waals surface area contributed by atoms with Gasteiger partial charge in [-0.05, 0) is 40.2 Å². The van der Waals surface area contributed by atoms with E-state index in [9.17, 15) is 4.79 Å². The number of pyridine rings is 2. The number of nitrogens with zero attached hydrogens (tertiary/aromatic N) is 3. The number of carbonyl (C=O) groups excluding carboxylic acids is 1. The predicted molar refractivity (Wildman–Crippen MR) is 82.2 cm³/mol. The molecule has 6 nitrogen and oxygen atoms in total. The summed E-state index contributed by atoms with van der Waals surface area (Å²) in [5.41, 5.74) is 2.67. The van der Waals surface area contributed by atoms with Crippen LogP contribution in [0.4, 0.5) is 10.6 Å². The molecule has 3 heterocycles. The molecule has 0 aromatic carbocycles. The summed E-state index contributed by atoms with van der Waals surface area (Å²) in [4.78, 5) is 19.6. The molecule has 0 aliphatic heterocycles. The van der Waals surface area contributed by atoms with E-state index < -0.39 is 6.09 Å². The summed E-state index contributed by atoms with van der Waals surface area (Å²) in [6.07, 6.45) is 4.86.